The highest BCUT2D eigenvalue weighted by atomic mass is 15.0. The molecule has 1 heterocycles. The highest BCUT2D eigenvalue weighted by molar-refractivity contribution is 5.14. The average molecular weight is 137 g/mol. The van der Waals surface area contributed by atoms with E-state index < -0.39 is 0 Å². The molecular weight excluding hydrogens is 122 g/mol. The van der Waals surface area contributed by atoms with Gasteiger partial charge in [0.2, 0.25) is 0 Å². The first kappa shape index (κ1) is 6.41. The molecule has 0 bridgehead atoms. The van der Waals surface area contributed by atoms with E-state index in [0.717, 1.165) is 18.5 Å². The lowest BCUT2D eigenvalue weighted by Crippen LogP contribution is -2.29. The molecule has 0 aromatic rings. The lowest BCUT2D eigenvalue weighted by atomic mass is 9.83. The summed E-state index contributed by atoms with van der Waals surface area (Å²) in [6.45, 7) is 5.15. The minimum Gasteiger partial charge on any atom is -0.310 e. The van der Waals surface area contributed by atoms with Gasteiger partial charge >= 0.3 is 0 Å². The van der Waals surface area contributed by atoms with Crippen LogP contribution < -0.4 is 5.32 Å². The van der Waals surface area contributed by atoms with Gasteiger partial charge < -0.3 is 5.32 Å². The third-order valence-electron chi connectivity index (χ3n) is 2.88. The molecule has 10 heavy (non-hydrogen) atoms. The van der Waals surface area contributed by atoms with E-state index in [1.165, 1.54) is 31.3 Å². The van der Waals surface area contributed by atoms with Crippen LogP contribution in [0.4, 0.5) is 0 Å². The van der Waals surface area contributed by atoms with E-state index in [1.54, 1.807) is 0 Å². The molecule has 1 aliphatic heterocycles. The van der Waals surface area contributed by atoms with Crippen LogP contribution in [0.1, 0.15) is 25.7 Å². The lowest BCUT2D eigenvalue weighted by Gasteiger charge is -2.24. The van der Waals surface area contributed by atoms with Crippen molar-refractivity contribution >= 4 is 0 Å². The molecule has 0 aromatic heterocycles. The molecule has 1 N–H and O–H groups in total. The SMILES string of the molecule is C=C1CN[C@H]2CCCC[C@@H]12. The van der Waals surface area contributed by atoms with Crippen LogP contribution in [0, 0.1) is 5.92 Å². The van der Waals surface area contributed by atoms with Gasteiger partial charge in [-0.1, -0.05) is 25.0 Å². The topological polar surface area (TPSA) is 12.0 Å². The molecular formula is C9H15N. The molecule has 0 unspecified atom stereocenters. The molecule has 1 heteroatoms. The summed E-state index contributed by atoms with van der Waals surface area (Å²) in [7, 11) is 0. The molecule has 2 rings (SSSR count). The van der Waals surface area contributed by atoms with Gasteiger partial charge in [-0.3, -0.25) is 0 Å². The van der Waals surface area contributed by atoms with E-state index in [-0.39, 0.29) is 0 Å². The van der Waals surface area contributed by atoms with Crippen LogP contribution in [-0.4, -0.2) is 12.6 Å². The first-order valence-electron chi connectivity index (χ1n) is 4.29. The molecule has 0 amide bonds. The molecule has 0 aromatic carbocycles. The van der Waals surface area contributed by atoms with E-state index in [2.05, 4.69) is 11.9 Å². The maximum atomic E-state index is 4.08. The zero-order chi connectivity index (χ0) is 6.97. The fraction of sp³-hybridized carbons (Fsp3) is 0.778. The Morgan fingerprint density at radius 1 is 1.30 bits per heavy atom. The zero-order valence-electron chi connectivity index (χ0n) is 6.40. The Morgan fingerprint density at radius 2 is 2.10 bits per heavy atom. The van der Waals surface area contributed by atoms with Crippen LogP contribution in [0.25, 0.3) is 0 Å². The fourth-order valence-corrected chi connectivity index (χ4v) is 2.26. The summed E-state index contributed by atoms with van der Waals surface area (Å²) < 4.78 is 0. The maximum absolute atomic E-state index is 4.08. The Kier molecular flexibility index (Phi) is 1.53. The smallest absolute Gasteiger partial charge is 0.0168 e. The molecule has 1 saturated heterocycles. The van der Waals surface area contributed by atoms with Gasteiger partial charge in [0.15, 0.2) is 0 Å². The third kappa shape index (κ3) is 0.891. The van der Waals surface area contributed by atoms with Crippen LogP contribution in [-0.2, 0) is 0 Å². The van der Waals surface area contributed by atoms with Gasteiger partial charge in [-0.15, -0.1) is 0 Å². The van der Waals surface area contributed by atoms with Crippen molar-refractivity contribution in [2.24, 2.45) is 5.92 Å². The monoisotopic (exact) mass is 137 g/mol. The average Bonchev–Trinajstić information content (AvgIpc) is 2.34. The van der Waals surface area contributed by atoms with Crippen molar-refractivity contribution in [2.45, 2.75) is 31.7 Å². The lowest BCUT2D eigenvalue weighted by molar-refractivity contribution is 0.350. The summed E-state index contributed by atoms with van der Waals surface area (Å²) in [5.41, 5.74) is 1.45. The van der Waals surface area contributed by atoms with Crippen molar-refractivity contribution in [3.05, 3.63) is 12.2 Å². The molecule has 1 nitrogen and oxygen atoms in total. The summed E-state index contributed by atoms with van der Waals surface area (Å²) in [6, 6.07) is 0.793. The summed E-state index contributed by atoms with van der Waals surface area (Å²) in [5, 5.41) is 3.51. The number of fused-ring (bicyclic) bond motifs is 1. The molecule has 1 aliphatic carbocycles. The Morgan fingerprint density at radius 3 is 2.90 bits per heavy atom. The Bertz CT molecular complexity index is 151. The number of rotatable bonds is 0. The van der Waals surface area contributed by atoms with Gasteiger partial charge in [0.05, 0.1) is 0 Å². The Balaban J connectivity index is 2.08. The summed E-state index contributed by atoms with van der Waals surface area (Å²) in [6.07, 6.45) is 5.60. The zero-order valence-corrected chi connectivity index (χ0v) is 6.40. The molecule has 0 spiro atoms. The standard InChI is InChI=1S/C9H15N/c1-7-6-10-9-5-3-2-4-8(7)9/h8-10H,1-6H2/t8-,9-/m0/s1. The van der Waals surface area contributed by atoms with E-state index in [1.807, 2.05) is 0 Å². The van der Waals surface area contributed by atoms with Crippen LogP contribution in [0.15, 0.2) is 12.2 Å². The predicted octanol–water partition coefficient (Wildman–Crippen LogP) is 1.70. The highest BCUT2D eigenvalue weighted by Crippen LogP contribution is 2.32. The minimum atomic E-state index is 0.793. The third-order valence-corrected chi connectivity index (χ3v) is 2.88. The normalized spacial score (nSPS) is 39.8. The van der Waals surface area contributed by atoms with Crippen molar-refractivity contribution in [1.29, 1.82) is 0 Å². The first-order valence-corrected chi connectivity index (χ1v) is 4.29. The van der Waals surface area contributed by atoms with Gasteiger partial charge in [-0.05, 0) is 18.8 Å². The largest absolute Gasteiger partial charge is 0.310 e. The molecule has 2 aliphatic rings. The van der Waals surface area contributed by atoms with Crippen molar-refractivity contribution < 1.29 is 0 Å². The second-order valence-electron chi connectivity index (χ2n) is 3.54. The predicted molar refractivity (Wildman–Crippen MR) is 42.9 cm³/mol. The Hall–Kier alpha value is -0.300. The fourth-order valence-electron chi connectivity index (χ4n) is 2.26. The molecule has 1 saturated carbocycles. The second kappa shape index (κ2) is 2.39. The van der Waals surface area contributed by atoms with Gasteiger partial charge in [-0.2, -0.15) is 0 Å². The number of hydrogen-bond donors (Lipinski definition) is 1. The minimum absolute atomic E-state index is 0.793. The molecule has 2 fully saturated rings. The molecule has 2 atom stereocenters. The van der Waals surface area contributed by atoms with Crippen molar-refractivity contribution in [3.8, 4) is 0 Å². The van der Waals surface area contributed by atoms with Crippen LogP contribution in [0.5, 0.6) is 0 Å². The van der Waals surface area contributed by atoms with Crippen molar-refractivity contribution in [1.82, 2.24) is 5.32 Å². The number of nitrogens with one attached hydrogen (secondary N) is 1. The van der Waals surface area contributed by atoms with Crippen LogP contribution >= 0.6 is 0 Å². The van der Waals surface area contributed by atoms with E-state index in [9.17, 15) is 0 Å². The molecule has 0 radical (unpaired) electrons. The molecule has 56 valence electrons. The van der Waals surface area contributed by atoms with Gasteiger partial charge in [0.1, 0.15) is 0 Å². The van der Waals surface area contributed by atoms with Crippen LogP contribution in [0.2, 0.25) is 0 Å². The van der Waals surface area contributed by atoms with E-state index in [4.69, 9.17) is 0 Å². The second-order valence-corrected chi connectivity index (χ2v) is 3.54. The van der Waals surface area contributed by atoms with Gasteiger partial charge in [0, 0.05) is 12.6 Å². The quantitative estimate of drug-likeness (QED) is 0.501. The highest BCUT2D eigenvalue weighted by Gasteiger charge is 2.31. The van der Waals surface area contributed by atoms with Gasteiger partial charge in [-0.25, -0.2) is 0 Å². The van der Waals surface area contributed by atoms with Crippen molar-refractivity contribution in [3.63, 3.8) is 0 Å². The summed E-state index contributed by atoms with van der Waals surface area (Å²) in [5.74, 6) is 0.828. The number of hydrogen-bond acceptors (Lipinski definition) is 1. The van der Waals surface area contributed by atoms with E-state index in [0.29, 0.717) is 0 Å². The van der Waals surface area contributed by atoms with Crippen molar-refractivity contribution in [2.75, 3.05) is 6.54 Å². The maximum Gasteiger partial charge on any atom is 0.0168 e. The van der Waals surface area contributed by atoms with Crippen LogP contribution in [0.3, 0.4) is 0 Å². The Labute approximate surface area is 62.5 Å². The summed E-state index contributed by atoms with van der Waals surface area (Å²) >= 11 is 0. The first-order chi connectivity index (χ1) is 4.88. The summed E-state index contributed by atoms with van der Waals surface area (Å²) in [4.78, 5) is 0. The van der Waals surface area contributed by atoms with Gasteiger partial charge in [0.25, 0.3) is 0 Å². The van der Waals surface area contributed by atoms with E-state index >= 15 is 0 Å².